The molecule has 0 aliphatic carbocycles. The van der Waals surface area contributed by atoms with E-state index in [0.29, 0.717) is 13.1 Å². The Balaban J connectivity index is 3.07. The van der Waals surface area contributed by atoms with E-state index in [9.17, 15) is 4.79 Å². The van der Waals surface area contributed by atoms with E-state index in [1.165, 1.54) is 11.1 Å². The maximum absolute atomic E-state index is 12.2. The van der Waals surface area contributed by atoms with E-state index in [2.05, 4.69) is 13.0 Å². The fraction of sp³-hybridized carbons (Fsp3) is 0.533. The summed E-state index contributed by atoms with van der Waals surface area (Å²) in [6.07, 6.45) is 0. The van der Waals surface area contributed by atoms with Gasteiger partial charge in [-0.05, 0) is 56.9 Å². The highest BCUT2D eigenvalue weighted by molar-refractivity contribution is 6.30. The quantitative estimate of drug-likeness (QED) is 0.761. The first-order valence-electron chi connectivity index (χ1n) is 6.42. The fourth-order valence-electron chi connectivity index (χ4n) is 2.08. The molecule has 1 atom stereocenters. The molecule has 0 spiro atoms. The Morgan fingerprint density at radius 3 is 2.11 bits per heavy atom. The summed E-state index contributed by atoms with van der Waals surface area (Å²) in [4.78, 5) is 14.0. The van der Waals surface area contributed by atoms with Gasteiger partial charge in [0.05, 0.1) is 0 Å². The summed E-state index contributed by atoms with van der Waals surface area (Å²) in [6, 6.07) is 4.12. The third-order valence-corrected chi connectivity index (χ3v) is 3.87. The Labute approximate surface area is 115 Å². The number of halogens is 1. The summed E-state index contributed by atoms with van der Waals surface area (Å²) >= 11 is 6.35. The standard InChI is InChI=1S/C15H22ClNO/c1-6-17(7-2)15(18)14(16)13-9-11(4)10(3)8-12(13)5/h8-9,14H,6-7H2,1-5H3. The van der Waals surface area contributed by atoms with E-state index in [1.54, 1.807) is 4.90 Å². The maximum Gasteiger partial charge on any atom is 0.245 e. The minimum atomic E-state index is -0.579. The molecule has 18 heavy (non-hydrogen) atoms. The van der Waals surface area contributed by atoms with Gasteiger partial charge in [0.2, 0.25) is 5.91 Å². The van der Waals surface area contributed by atoms with E-state index in [4.69, 9.17) is 11.6 Å². The zero-order chi connectivity index (χ0) is 13.9. The SMILES string of the molecule is CCN(CC)C(=O)C(Cl)c1cc(C)c(C)cc1C. The zero-order valence-corrected chi connectivity index (χ0v) is 12.6. The van der Waals surface area contributed by atoms with E-state index in [0.717, 1.165) is 11.1 Å². The number of aryl methyl sites for hydroxylation is 3. The van der Waals surface area contributed by atoms with Crippen molar-refractivity contribution >= 4 is 17.5 Å². The second-order valence-electron chi connectivity index (χ2n) is 4.67. The molecule has 2 nitrogen and oxygen atoms in total. The Kier molecular flexibility index (Phi) is 5.21. The summed E-state index contributed by atoms with van der Waals surface area (Å²) in [5.74, 6) is -0.00646. The molecular formula is C15H22ClNO. The van der Waals surface area contributed by atoms with Crippen LogP contribution in [0.2, 0.25) is 0 Å². The molecule has 0 heterocycles. The first kappa shape index (κ1) is 15.0. The highest BCUT2D eigenvalue weighted by atomic mass is 35.5. The van der Waals surface area contributed by atoms with Gasteiger partial charge in [0, 0.05) is 13.1 Å². The Morgan fingerprint density at radius 1 is 1.11 bits per heavy atom. The molecule has 0 aliphatic rings. The molecule has 0 aliphatic heterocycles. The zero-order valence-electron chi connectivity index (χ0n) is 11.9. The van der Waals surface area contributed by atoms with Crippen LogP contribution < -0.4 is 0 Å². The predicted octanol–water partition coefficient (Wildman–Crippen LogP) is 3.76. The highest BCUT2D eigenvalue weighted by Crippen LogP contribution is 2.28. The van der Waals surface area contributed by atoms with Crippen LogP contribution >= 0.6 is 11.6 Å². The molecule has 0 fully saturated rings. The van der Waals surface area contributed by atoms with Crippen molar-refractivity contribution < 1.29 is 4.79 Å². The van der Waals surface area contributed by atoms with Crippen molar-refractivity contribution in [2.24, 2.45) is 0 Å². The van der Waals surface area contributed by atoms with Gasteiger partial charge in [-0.1, -0.05) is 12.1 Å². The summed E-state index contributed by atoms with van der Waals surface area (Å²) in [5, 5.41) is -0.579. The van der Waals surface area contributed by atoms with Crippen molar-refractivity contribution in [2.45, 2.75) is 40.0 Å². The normalized spacial score (nSPS) is 12.3. The molecule has 0 saturated carbocycles. The molecular weight excluding hydrogens is 246 g/mol. The van der Waals surface area contributed by atoms with Crippen LogP contribution in [0.1, 0.15) is 41.5 Å². The number of nitrogens with zero attached hydrogens (tertiary/aromatic N) is 1. The van der Waals surface area contributed by atoms with E-state index in [1.807, 2.05) is 33.8 Å². The number of amides is 1. The molecule has 0 aromatic heterocycles. The first-order valence-corrected chi connectivity index (χ1v) is 6.86. The van der Waals surface area contributed by atoms with Crippen molar-refractivity contribution in [1.29, 1.82) is 0 Å². The van der Waals surface area contributed by atoms with E-state index in [-0.39, 0.29) is 5.91 Å². The lowest BCUT2D eigenvalue weighted by Gasteiger charge is -2.23. The fourth-order valence-corrected chi connectivity index (χ4v) is 2.46. The van der Waals surface area contributed by atoms with Crippen molar-refractivity contribution in [3.8, 4) is 0 Å². The summed E-state index contributed by atoms with van der Waals surface area (Å²) < 4.78 is 0. The monoisotopic (exact) mass is 267 g/mol. The average Bonchev–Trinajstić information content (AvgIpc) is 2.34. The van der Waals surface area contributed by atoms with Gasteiger partial charge in [-0.2, -0.15) is 0 Å². The van der Waals surface area contributed by atoms with Gasteiger partial charge < -0.3 is 4.90 Å². The van der Waals surface area contributed by atoms with Crippen LogP contribution in [0.3, 0.4) is 0 Å². The average molecular weight is 268 g/mol. The maximum atomic E-state index is 12.2. The van der Waals surface area contributed by atoms with Gasteiger partial charge in [0.15, 0.2) is 0 Å². The molecule has 100 valence electrons. The number of carbonyl (C=O) groups is 1. The lowest BCUT2D eigenvalue weighted by molar-refractivity contribution is -0.130. The van der Waals surface area contributed by atoms with Crippen molar-refractivity contribution in [3.63, 3.8) is 0 Å². The van der Waals surface area contributed by atoms with Crippen LogP contribution in [0.25, 0.3) is 0 Å². The number of hydrogen-bond acceptors (Lipinski definition) is 1. The Hall–Kier alpha value is -1.02. The molecule has 1 aromatic rings. The van der Waals surface area contributed by atoms with Crippen molar-refractivity contribution in [2.75, 3.05) is 13.1 Å². The summed E-state index contributed by atoms with van der Waals surface area (Å²) in [5.41, 5.74) is 4.42. The van der Waals surface area contributed by atoms with E-state index >= 15 is 0 Å². The molecule has 3 heteroatoms. The van der Waals surface area contributed by atoms with Crippen molar-refractivity contribution in [3.05, 3.63) is 34.4 Å². The van der Waals surface area contributed by atoms with E-state index < -0.39 is 5.38 Å². The Bertz CT molecular complexity index is 438. The number of hydrogen-bond donors (Lipinski definition) is 0. The van der Waals surface area contributed by atoms with Crippen molar-refractivity contribution in [1.82, 2.24) is 4.90 Å². The van der Waals surface area contributed by atoms with Crippen LogP contribution in [-0.4, -0.2) is 23.9 Å². The topological polar surface area (TPSA) is 20.3 Å². The van der Waals surface area contributed by atoms with Gasteiger partial charge in [-0.25, -0.2) is 0 Å². The number of alkyl halides is 1. The number of likely N-dealkylation sites (N-methyl/N-ethyl adjacent to an activating group) is 1. The minimum Gasteiger partial charge on any atom is -0.342 e. The lowest BCUT2D eigenvalue weighted by Crippen LogP contribution is -2.33. The Morgan fingerprint density at radius 2 is 1.61 bits per heavy atom. The third-order valence-electron chi connectivity index (χ3n) is 3.45. The van der Waals surface area contributed by atoms with Crippen LogP contribution in [0.15, 0.2) is 12.1 Å². The molecule has 0 radical (unpaired) electrons. The molecule has 1 rings (SSSR count). The van der Waals surface area contributed by atoms with Gasteiger partial charge in [-0.3, -0.25) is 4.79 Å². The summed E-state index contributed by atoms with van der Waals surface area (Å²) in [6.45, 7) is 11.5. The summed E-state index contributed by atoms with van der Waals surface area (Å²) in [7, 11) is 0. The number of benzene rings is 1. The number of carbonyl (C=O) groups excluding carboxylic acids is 1. The highest BCUT2D eigenvalue weighted by Gasteiger charge is 2.23. The van der Waals surface area contributed by atoms with Gasteiger partial charge >= 0.3 is 0 Å². The van der Waals surface area contributed by atoms with Crippen LogP contribution in [0.5, 0.6) is 0 Å². The number of rotatable bonds is 4. The second-order valence-corrected chi connectivity index (χ2v) is 5.10. The van der Waals surface area contributed by atoms with Gasteiger partial charge in [0.1, 0.15) is 5.38 Å². The van der Waals surface area contributed by atoms with Crippen LogP contribution in [0, 0.1) is 20.8 Å². The molecule has 0 bridgehead atoms. The lowest BCUT2D eigenvalue weighted by atomic mass is 9.98. The van der Waals surface area contributed by atoms with Gasteiger partial charge in [-0.15, -0.1) is 11.6 Å². The molecule has 0 N–H and O–H groups in total. The smallest absolute Gasteiger partial charge is 0.245 e. The molecule has 1 unspecified atom stereocenters. The molecule has 1 amide bonds. The molecule has 1 aromatic carbocycles. The predicted molar refractivity (Wildman–Crippen MR) is 77.2 cm³/mol. The van der Waals surface area contributed by atoms with Crippen LogP contribution in [-0.2, 0) is 4.79 Å². The minimum absolute atomic E-state index is 0.00646. The first-order chi connectivity index (χ1) is 8.42. The largest absolute Gasteiger partial charge is 0.342 e. The third kappa shape index (κ3) is 3.05. The van der Waals surface area contributed by atoms with Crippen LogP contribution in [0.4, 0.5) is 0 Å². The second kappa shape index (κ2) is 6.24. The molecule has 0 saturated heterocycles. The van der Waals surface area contributed by atoms with Gasteiger partial charge in [0.25, 0.3) is 0 Å².